The highest BCUT2D eigenvalue weighted by Crippen LogP contribution is 2.34. The number of thiazole rings is 1. The highest BCUT2D eigenvalue weighted by Gasteiger charge is 2.18. The van der Waals surface area contributed by atoms with E-state index in [0.29, 0.717) is 40.3 Å². The number of para-hydroxylation sites is 1. The molecule has 0 fully saturated rings. The van der Waals surface area contributed by atoms with Gasteiger partial charge in [0.2, 0.25) is 0 Å². The monoisotopic (exact) mass is 424 g/mol. The van der Waals surface area contributed by atoms with Crippen molar-refractivity contribution in [3.63, 3.8) is 0 Å². The summed E-state index contributed by atoms with van der Waals surface area (Å²) in [5.74, 6) is 1.93. The molecule has 1 amide bonds. The average molecular weight is 424 g/mol. The Morgan fingerprint density at radius 1 is 1.17 bits per heavy atom. The number of anilines is 1. The molecule has 2 aromatic heterocycles. The molecule has 0 saturated carbocycles. The van der Waals surface area contributed by atoms with Crippen molar-refractivity contribution in [2.45, 2.75) is 6.92 Å². The Morgan fingerprint density at radius 3 is 2.80 bits per heavy atom. The van der Waals surface area contributed by atoms with E-state index >= 15 is 0 Å². The van der Waals surface area contributed by atoms with Crippen LogP contribution in [0, 0.1) is 0 Å². The van der Waals surface area contributed by atoms with Gasteiger partial charge < -0.3 is 18.6 Å². The predicted molar refractivity (Wildman–Crippen MR) is 116 cm³/mol. The van der Waals surface area contributed by atoms with Crippen LogP contribution in [0.1, 0.15) is 17.3 Å². The molecule has 0 unspecified atom stereocenters. The number of nitrogens with one attached hydrogen (secondary N) is 1. The van der Waals surface area contributed by atoms with E-state index in [0.717, 1.165) is 16.7 Å². The number of aromatic nitrogens is 1. The van der Waals surface area contributed by atoms with Crippen molar-refractivity contribution in [2.75, 3.05) is 26.1 Å². The number of carbonyl (C=O) groups excluding carboxylic acids is 1. The molecule has 0 saturated heterocycles. The Kier molecular flexibility index (Phi) is 5.58. The van der Waals surface area contributed by atoms with Gasteiger partial charge in [-0.15, -0.1) is 11.3 Å². The van der Waals surface area contributed by atoms with Crippen LogP contribution in [0.15, 0.2) is 52.3 Å². The van der Waals surface area contributed by atoms with Crippen molar-refractivity contribution in [3.05, 3.63) is 53.4 Å². The standard InChI is InChI=1S/C22H20N2O5S/c1-4-28-14-8-9-17-13(10-14)11-19(29-17)16-12-30-22(23-16)24-21(25)15-6-5-7-18(26-2)20(15)27-3/h5-12H,4H2,1-3H3,(H,23,24,25). The highest BCUT2D eigenvalue weighted by molar-refractivity contribution is 7.14. The van der Waals surface area contributed by atoms with Crippen LogP contribution in [0.3, 0.4) is 0 Å². The minimum atomic E-state index is -0.336. The minimum Gasteiger partial charge on any atom is -0.494 e. The normalized spacial score (nSPS) is 10.8. The SMILES string of the molecule is CCOc1ccc2oc(-c3csc(NC(=O)c4cccc(OC)c4OC)n3)cc2c1. The van der Waals surface area contributed by atoms with Gasteiger partial charge in [-0.2, -0.15) is 0 Å². The van der Waals surface area contributed by atoms with E-state index in [2.05, 4.69) is 10.3 Å². The zero-order chi connectivity index (χ0) is 21.1. The Labute approximate surface area is 177 Å². The van der Waals surface area contributed by atoms with E-state index in [1.807, 2.05) is 36.6 Å². The first-order valence-electron chi connectivity index (χ1n) is 9.27. The minimum absolute atomic E-state index is 0.336. The smallest absolute Gasteiger partial charge is 0.261 e. The molecule has 4 rings (SSSR count). The number of methoxy groups -OCH3 is 2. The molecule has 0 bridgehead atoms. The summed E-state index contributed by atoms with van der Waals surface area (Å²) in [6.07, 6.45) is 0. The summed E-state index contributed by atoms with van der Waals surface area (Å²) < 4.78 is 22.0. The summed E-state index contributed by atoms with van der Waals surface area (Å²) in [6.45, 7) is 2.54. The molecule has 0 aliphatic rings. The summed E-state index contributed by atoms with van der Waals surface area (Å²) in [5, 5.41) is 6.02. The van der Waals surface area contributed by atoms with Crippen LogP contribution in [0.4, 0.5) is 5.13 Å². The first-order valence-corrected chi connectivity index (χ1v) is 10.2. The maximum absolute atomic E-state index is 12.7. The lowest BCUT2D eigenvalue weighted by molar-refractivity contribution is 0.102. The Morgan fingerprint density at radius 2 is 2.03 bits per heavy atom. The van der Waals surface area contributed by atoms with Gasteiger partial charge in [-0.3, -0.25) is 10.1 Å². The van der Waals surface area contributed by atoms with E-state index in [1.165, 1.54) is 25.6 Å². The Bertz CT molecular complexity index is 1200. The molecule has 30 heavy (non-hydrogen) atoms. The molecule has 0 aliphatic carbocycles. The van der Waals surface area contributed by atoms with Crippen LogP contribution in [0.5, 0.6) is 17.2 Å². The van der Waals surface area contributed by atoms with Gasteiger partial charge in [0.05, 0.1) is 26.4 Å². The number of carbonyl (C=O) groups is 1. The molecular formula is C22H20N2O5S. The first kappa shape index (κ1) is 19.8. The molecule has 1 N–H and O–H groups in total. The third-order valence-corrected chi connectivity index (χ3v) is 5.18. The topological polar surface area (TPSA) is 82.8 Å². The van der Waals surface area contributed by atoms with E-state index in [-0.39, 0.29) is 5.91 Å². The molecule has 2 aromatic carbocycles. The number of hydrogen-bond acceptors (Lipinski definition) is 7. The van der Waals surface area contributed by atoms with Crippen LogP contribution in [0.2, 0.25) is 0 Å². The third-order valence-electron chi connectivity index (χ3n) is 4.42. The predicted octanol–water partition coefficient (Wildman–Crippen LogP) is 5.22. The zero-order valence-corrected chi connectivity index (χ0v) is 17.5. The zero-order valence-electron chi connectivity index (χ0n) is 16.7. The fraction of sp³-hybridized carbons (Fsp3) is 0.182. The summed E-state index contributed by atoms with van der Waals surface area (Å²) in [7, 11) is 3.02. The van der Waals surface area contributed by atoms with Gasteiger partial charge in [0, 0.05) is 10.8 Å². The molecule has 0 spiro atoms. The average Bonchev–Trinajstić information content (AvgIpc) is 3.39. The number of hydrogen-bond donors (Lipinski definition) is 1. The van der Waals surface area contributed by atoms with Gasteiger partial charge in [0.15, 0.2) is 22.4 Å². The van der Waals surface area contributed by atoms with Crippen LogP contribution >= 0.6 is 11.3 Å². The lowest BCUT2D eigenvalue weighted by atomic mass is 10.1. The maximum Gasteiger partial charge on any atom is 0.261 e. The third kappa shape index (κ3) is 3.81. The summed E-state index contributed by atoms with van der Waals surface area (Å²) >= 11 is 1.31. The molecular weight excluding hydrogens is 404 g/mol. The summed E-state index contributed by atoms with van der Waals surface area (Å²) in [5.41, 5.74) is 1.75. The fourth-order valence-corrected chi connectivity index (χ4v) is 3.77. The second kappa shape index (κ2) is 8.46. The van der Waals surface area contributed by atoms with Crippen molar-refractivity contribution in [2.24, 2.45) is 0 Å². The van der Waals surface area contributed by atoms with Crippen LogP contribution in [0.25, 0.3) is 22.4 Å². The lowest BCUT2D eigenvalue weighted by Gasteiger charge is -2.11. The molecule has 7 nitrogen and oxygen atoms in total. The molecule has 0 aliphatic heterocycles. The van der Waals surface area contributed by atoms with E-state index in [1.54, 1.807) is 18.2 Å². The number of furan rings is 1. The van der Waals surface area contributed by atoms with E-state index < -0.39 is 0 Å². The maximum atomic E-state index is 12.7. The van der Waals surface area contributed by atoms with E-state index in [9.17, 15) is 4.79 Å². The van der Waals surface area contributed by atoms with Crippen molar-refractivity contribution in [3.8, 4) is 28.7 Å². The second-order valence-electron chi connectivity index (χ2n) is 6.28. The van der Waals surface area contributed by atoms with Crippen LogP contribution in [-0.4, -0.2) is 31.7 Å². The number of fused-ring (bicyclic) bond motifs is 1. The Balaban J connectivity index is 1.56. The fourth-order valence-electron chi connectivity index (χ4n) is 3.08. The van der Waals surface area contributed by atoms with Crippen molar-refractivity contribution >= 4 is 33.3 Å². The van der Waals surface area contributed by atoms with E-state index in [4.69, 9.17) is 18.6 Å². The second-order valence-corrected chi connectivity index (χ2v) is 7.13. The van der Waals surface area contributed by atoms with Crippen molar-refractivity contribution < 1.29 is 23.4 Å². The van der Waals surface area contributed by atoms with Gasteiger partial charge in [-0.05, 0) is 43.3 Å². The van der Waals surface area contributed by atoms with Crippen LogP contribution in [-0.2, 0) is 0 Å². The Hall–Kier alpha value is -3.52. The summed E-state index contributed by atoms with van der Waals surface area (Å²) in [6, 6.07) is 12.7. The largest absolute Gasteiger partial charge is 0.494 e. The number of benzene rings is 2. The van der Waals surface area contributed by atoms with Gasteiger partial charge in [0.25, 0.3) is 5.91 Å². The lowest BCUT2D eigenvalue weighted by Crippen LogP contribution is -2.13. The van der Waals surface area contributed by atoms with Gasteiger partial charge >= 0.3 is 0 Å². The molecule has 0 atom stereocenters. The number of amides is 1. The van der Waals surface area contributed by atoms with Gasteiger partial charge in [0.1, 0.15) is 17.0 Å². The first-order chi connectivity index (χ1) is 14.6. The quantitative estimate of drug-likeness (QED) is 0.438. The van der Waals surface area contributed by atoms with Gasteiger partial charge in [-0.25, -0.2) is 4.98 Å². The molecule has 2 heterocycles. The summed E-state index contributed by atoms with van der Waals surface area (Å²) in [4.78, 5) is 17.2. The van der Waals surface area contributed by atoms with Crippen molar-refractivity contribution in [1.29, 1.82) is 0 Å². The molecule has 0 radical (unpaired) electrons. The number of nitrogens with zero attached hydrogens (tertiary/aromatic N) is 1. The molecule has 8 heteroatoms. The molecule has 4 aromatic rings. The highest BCUT2D eigenvalue weighted by atomic mass is 32.1. The number of rotatable bonds is 7. The molecule has 154 valence electrons. The van der Waals surface area contributed by atoms with Gasteiger partial charge in [-0.1, -0.05) is 6.07 Å². The number of ether oxygens (including phenoxy) is 3. The van der Waals surface area contributed by atoms with Crippen molar-refractivity contribution in [1.82, 2.24) is 4.98 Å². The van der Waals surface area contributed by atoms with Crippen LogP contribution < -0.4 is 19.5 Å².